The molecule has 26 heavy (non-hydrogen) atoms. The predicted octanol–water partition coefficient (Wildman–Crippen LogP) is 4.90. The van der Waals surface area contributed by atoms with Crippen molar-refractivity contribution in [3.63, 3.8) is 0 Å². The fourth-order valence-electron chi connectivity index (χ4n) is 3.35. The van der Waals surface area contributed by atoms with Gasteiger partial charge >= 0.3 is 5.97 Å². The molecule has 0 N–H and O–H groups in total. The Labute approximate surface area is 155 Å². The molecule has 0 radical (unpaired) electrons. The Hall–Kier alpha value is -2.86. The Morgan fingerprint density at radius 3 is 2.00 bits per heavy atom. The fraction of sp³-hybridized carbons (Fsp3) is 0.304. The monoisotopic (exact) mass is 347 g/mol. The highest BCUT2D eigenvalue weighted by Crippen LogP contribution is 2.35. The number of ether oxygens (including phenoxy) is 1. The molecule has 0 bridgehead atoms. The van der Waals surface area contributed by atoms with Gasteiger partial charge in [0.25, 0.3) is 0 Å². The number of rotatable bonds is 4. The van der Waals surface area contributed by atoms with Crippen molar-refractivity contribution in [3.05, 3.63) is 74.8 Å². The van der Waals surface area contributed by atoms with Gasteiger partial charge in [0.05, 0.1) is 19.6 Å². The van der Waals surface area contributed by atoms with E-state index in [-0.39, 0.29) is 5.97 Å². The zero-order valence-corrected chi connectivity index (χ0v) is 16.4. The van der Waals surface area contributed by atoms with Gasteiger partial charge < -0.3 is 4.74 Å². The summed E-state index contributed by atoms with van der Waals surface area (Å²) >= 11 is 0. The van der Waals surface area contributed by atoms with E-state index in [1.54, 1.807) is 6.08 Å². The van der Waals surface area contributed by atoms with Crippen LogP contribution in [0.3, 0.4) is 0 Å². The van der Waals surface area contributed by atoms with Gasteiger partial charge in [-0.15, -0.1) is 0 Å². The molecule has 0 heterocycles. The van der Waals surface area contributed by atoms with Crippen LogP contribution in [0.15, 0.2) is 30.3 Å². The molecule has 0 aliphatic heterocycles. The number of benzene rings is 2. The van der Waals surface area contributed by atoms with Gasteiger partial charge in [-0.2, -0.15) is 5.26 Å². The third kappa shape index (κ3) is 3.70. The van der Waals surface area contributed by atoms with Crippen LogP contribution in [0.4, 0.5) is 0 Å². The minimum absolute atomic E-state index is 0.379. The molecule has 3 nitrogen and oxygen atoms in total. The Bertz CT molecular complexity index is 884. The van der Waals surface area contributed by atoms with Gasteiger partial charge in [0.2, 0.25) is 0 Å². The van der Waals surface area contributed by atoms with E-state index in [4.69, 9.17) is 10.00 Å². The summed E-state index contributed by atoms with van der Waals surface area (Å²) in [5.74, 6) is -0.379. The van der Waals surface area contributed by atoms with Crippen LogP contribution in [0.5, 0.6) is 0 Å². The largest absolute Gasteiger partial charge is 0.466 e. The van der Waals surface area contributed by atoms with Crippen LogP contribution in [-0.4, -0.2) is 13.1 Å². The van der Waals surface area contributed by atoms with Crippen molar-refractivity contribution in [3.8, 4) is 6.07 Å². The lowest BCUT2D eigenvalue weighted by Gasteiger charge is -2.22. The number of esters is 1. The average Bonchev–Trinajstić information content (AvgIpc) is 2.63. The third-order valence-corrected chi connectivity index (χ3v) is 5.13. The molecule has 0 aliphatic rings. The summed E-state index contributed by atoms with van der Waals surface area (Å²) in [6, 6.07) is 10.4. The SMILES string of the molecule is COC(=O)/C=C(\c1ccc(C)cc1)c1c(C)c(C)c(CC#N)c(C)c1C. The van der Waals surface area contributed by atoms with E-state index in [1.165, 1.54) is 7.11 Å². The second-order valence-electron chi connectivity index (χ2n) is 6.64. The third-order valence-electron chi connectivity index (χ3n) is 5.13. The van der Waals surface area contributed by atoms with E-state index in [9.17, 15) is 4.79 Å². The molecule has 0 saturated carbocycles. The van der Waals surface area contributed by atoms with Crippen LogP contribution in [0.2, 0.25) is 0 Å². The predicted molar refractivity (Wildman–Crippen MR) is 105 cm³/mol. The number of methoxy groups -OCH3 is 1. The first-order chi connectivity index (χ1) is 12.3. The molecule has 0 unspecified atom stereocenters. The Balaban J connectivity index is 2.82. The maximum absolute atomic E-state index is 12.1. The molecule has 0 amide bonds. The van der Waals surface area contributed by atoms with Crippen molar-refractivity contribution >= 4 is 11.5 Å². The lowest BCUT2D eigenvalue weighted by molar-refractivity contribution is -0.134. The zero-order valence-electron chi connectivity index (χ0n) is 16.4. The quantitative estimate of drug-likeness (QED) is 0.584. The van der Waals surface area contributed by atoms with Crippen LogP contribution in [-0.2, 0) is 16.0 Å². The molecule has 0 spiro atoms. The zero-order chi connectivity index (χ0) is 19.4. The van der Waals surface area contributed by atoms with Crippen LogP contribution in [0.25, 0.3) is 5.57 Å². The first-order valence-electron chi connectivity index (χ1n) is 8.65. The second kappa shape index (κ2) is 8.01. The molecule has 2 aromatic rings. The number of nitrogens with zero attached hydrogens (tertiary/aromatic N) is 1. The number of hydrogen-bond acceptors (Lipinski definition) is 3. The van der Waals surface area contributed by atoms with E-state index in [0.717, 1.165) is 50.1 Å². The van der Waals surface area contributed by atoms with Gasteiger partial charge in [0.1, 0.15) is 0 Å². The highest BCUT2D eigenvalue weighted by molar-refractivity contribution is 5.97. The van der Waals surface area contributed by atoms with Crippen LogP contribution in [0.1, 0.15) is 44.5 Å². The number of carbonyl (C=O) groups is 1. The van der Waals surface area contributed by atoms with Gasteiger partial charge in [-0.1, -0.05) is 29.8 Å². The minimum atomic E-state index is -0.379. The van der Waals surface area contributed by atoms with Crippen molar-refractivity contribution in [1.29, 1.82) is 5.26 Å². The second-order valence-corrected chi connectivity index (χ2v) is 6.64. The number of hydrogen-bond donors (Lipinski definition) is 0. The maximum atomic E-state index is 12.1. The van der Waals surface area contributed by atoms with Crippen molar-refractivity contribution < 1.29 is 9.53 Å². The van der Waals surface area contributed by atoms with Crippen LogP contribution < -0.4 is 0 Å². The molecule has 0 aliphatic carbocycles. The van der Waals surface area contributed by atoms with E-state index in [1.807, 2.05) is 45.0 Å². The van der Waals surface area contributed by atoms with E-state index >= 15 is 0 Å². The Kier molecular flexibility index (Phi) is 6.00. The van der Waals surface area contributed by atoms with Crippen molar-refractivity contribution in [1.82, 2.24) is 0 Å². The van der Waals surface area contributed by atoms with Gasteiger partial charge in [0, 0.05) is 6.08 Å². The molecule has 0 aromatic heterocycles. The molecule has 2 aromatic carbocycles. The fourth-order valence-corrected chi connectivity index (χ4v) is 3.35. The lowest BCUT2D eigenvalue weighted by Crippen LogP contribution is -2.07. The normalized spacial score (nSPS) is 11.2. The van der Waals surface area contributed by atoms with Crippen LogP contribution >= 0.6 is 0 Å². The highest BCUT2D eigenvalue weighted by atomic mass is 16.5. The van der Waals surface area contributed by atoms with E-state index < -0.39 is 0 Å². The first-order valence-corrected chi connectivity index (χ1v) is 8.65. The number of aryl methyl sites for hydroxylation is 1. The lowest BCUT2D eigenvalue weighted by atomic mass is 9.82. The summed E-state index contributed by atoms with van der Waals surface area (Å²) in [6.45, 7) is 10.2. The van der Waals surface area contributed by atoms with Crippen molar-refractivity contribution in [2.24, 2.45) is 0 Å². The molecule has 3 heteroatoms. The average molecular weight is 347 g/mol. The Morgan fingerprint density at radius 1 is 1.00 bits per heavy atom. The molecule has 0 saturated heterocycles. The van der Waals surface area contributed by atoms with E-state index in [0.29, 0.717) is 6.42 Å². The molecule has 2 rings (SSSR count). The van der Waals surface area contributed by atoms with E-state index in [2.05, 4.69) is 19.9 Å². The summed E-state index contributed by atoms with van der Waals surface area (Å²) in [4.78, 5) is 12.1. The number of nitriles is 1. The topological polar surface area (TPSA) is 50.1 Å². The van der Waals surface area contributed by atoms with Gasteiger partial charge in [-0.3, -0.25) is 0 Å². The van der Waals surface area contributed by atoms with Gasteiger partial charge in [-0.25, -0.2) is 4.79 Å². The summed E-state index contributed by atoms with van der Waals surface area (Å²) in [5.41, 5.74) is 9.49. The molecular formula is C23H25NO2. The van der Waals surface area contributed by atoms with Crippen molar-refractivity contribution in [2.75, 3.05) is 7.11 Å². The standard InChI is InChI=1S/C23H25NO2/c1-14-7-9-19(10-8-14)21(13-22(25)26-6)23-17(4)15(2)20(11-12-24)16(3)18(23)5/h7-10,13H,11H2,1-6H3/b21-13+. The van der Waals surface area contributed by atoms with Crippen molar-refractivity contribution in [2.45, 2.75) is 41.0 Å². The molecule has 134 valence electrons. The van der Waals surface area contributed by atoms with Gasteiger partial charge in [0.15, 0.2) is 0 Å². The summed E-state index contributed by atoms with van der Waals surface area (Å²) in [5, 5.41) is 9.16. The Morgan fingerprint density at radius 2 is 1.54 bits per heavy atom. The molecule has 0 fully saturated rings. The molecular weight excluding hydrogens is 322 g/mol. The number of carbonyl (C=O) groups excluding carboxylic acids is 1. The summed E-state index contributed by atoms with van der Waals surface area (Å²) in [6.07, 6.45) is 1.95. The highest BCUT2D eigenvalue weighted by Gasteiger charge is 2.19. The van der Waals surface area contributed by atoms with Gasteiger partial charge in [-0.05, 0) is 79.1 Å². The molecule has 0 atom stereocenters. The first kappa shape index (κ1) is 19.5. The van der Waals surface area contributed by atoms with Crippen LogP contribution in [0, 0.1) is 45.9 Å². The maximum Gasteiger partial charge on any atom is 0.331 e. The minimum Gasteiger partial charge on any atom is -0.466 e. The smallest absolute Gasteiger partial charge is 0.331 e. The summed E-state index contributed by atoms with van der Waals surface area (Å²) < 4.78 is 4.89. The summed E-state index contributed by atoms with van der Waals surface area (Å²) in [7, 11) is 1.39.